The second-order valence-electron chi connectivity index (χ2n) is 12.0. The van der Waals surface area contributed by atoms with E-state index in [0.717, 1.165) is 30.6 Å². The number of methoxy groups -OCH3 is 1. The Morgan fingerprint density at radius 2 is 1.91 bits per heavy atom. The fourth-order valence-corrected chi connectivity index (χ4v) is 6.30. The van der Waals surface area contributed by atoms with E-state index in [9.17, 15) is 23.2 Å². The summed E-state index contributed by atoms with van der Waals surface area (Å²) in [5.74, 6) is -4.14. The SMILES string of the molecule is COc1cc(C(=O)NCC2CC3(CCN(C(=O)O)CC3)C2)ccc1Nc1ncc2c(n1)N(C(C)C)CC(F)(F)C(=O)N2C. The molecule has 1 saturated heterocycles. The number of carboxylic acid groups (broad SMARTS) is 1. The molecule has 0 unspecified atom stereocenters. The van der Waals surface area contributed by atoms with Gasteiger partial charge in [0.2, 0.25) is 5.95 Å². The summed E-state index contributed by atoms with van der Waals surface area (Å²) in [7, 11) is 2.74. The highest BCUT2D eigenvalue weighted by Gasteiger charge is 2.48. The number of carbonyl (C=O) groups excluding carboxylic acids is 2. The Labute approximate surface area is 248 Å². The van der Waals surface area contributed by atoms with Crippen molar-refractivity contribution in [3.05, 3.63) is 30.0 Å². The van der Waals surface area contributed by atoms with Crippen molar-refractivity contribution in [2.24, 2.45) is 11.3 Å². The van der Waals surface area contributed by atoms with Crippen molar-refractivity contribution >= 4 is 41.0 Å². The van der Waals surface area contributed by atoms with Gasteiger partial charge in [-0.15, -0.1) is 0 Å². The van der Waals surface area contributed by atoms with Gasteiger partial charge < -0.3 is 35.2 Å². The number of alkyl halides is 2. The molecule has 14 heteroatoms. The van der Waals surface area contributed by atoms with E-state index in [-0.39, 0.29) is 34.8 Å². The Hall–Kier alpha value is -4.23. The van der Waals surface area contributed by atoms with Crippen molar-refractivity contribution < 1.29 is 33.0 Å². The molecule has 3 amide bonds. The number of anilines is 4. The predicted octanol–water partition coefficient (Wildman–Crippen LogP) is 3.96. The summed E-state index contributed by atoms with van der Waals surface area (Å²) in [6.45, 7) is 4.34. The van der Waals surface area contributed by atoms with E-state index in [4.69, 9.17) is 9.84 Å². The Morgan fingerprint density at radius 1 is 1.21 bits per heavy atom. The summed E-state index contributed by atoms with van der Waals surface area (Å²) in [6, 6.07) is 4.52. The van der Waals surface area contributed by atoms with Crippen LogP contribution in [0.5, 0.6) is 5.75 Å². The minimum Gasteiger partial charge on any atom is -0.495 e. The van der Waals surface area contributed by atoms with Crippen LogP contribution in [0.3, 0.4) is 0 Å². The van der Waals surface area contributed by atoms with Gasteiger partial charge in [-0.25, -0.2) is 9.78 Å². The van der Waals surface area contributed by atoms with Gasteiger partial charge in [0.25, 0.3) is 11.8 Å². The van der Waals surface area contributed by atoms with Crippen LogP contribution in [0.2, 0.25) is 0 Å². The molecule has 3 aliphatic rings. The van der Waals surface area contributed by atoms with E-state index in [1.165, 1.54) is 30.2 Å². The van der Waals surface area contributed by atoms with Gasteiger partial charge in [0, 0.05) is 38.3 Å². The largest absolute Gasteiger partial charge is 0.495 e. The lowest BCUT2D eigenvalue weighted by Crippen LogP contribution is -2.50. The van der Waals surface area contributed by atoms with Crippen LogP contribution in [-0.2, 0) is 4.79 Å². The molecule has 0 radical (unpaired) electrons. The molecular weight excluding hydrogens is 564 g/mol. The number of aromatic nitrogens is 2. The monoisotopic (exact) mass is 601 g/mol. The molecule has 0 atom stereocenters. The summed E-state index contributed by atoms with van der Waals surface area (Å²) in [6.07, 6.45) is 4.14. The lowest BCUT2D eigenvalue weighted by atomic mass is 9.57. The molecule has 43 heavy (non-hydrogen) atoms. The molecule has 3 N–H and O–H groups in total. The average molecular weight is 602 g/mol. The molecule has 2 fully saturated rings. The van der Waals surface area contributed by atoms with Crippen LogP contribution in [0.15, 0.2) is 24.4 Å². The van der Waals surface area contributed by atoms with E-state index in [1.807, 2.05) is 0 Å². The lowest BCUT2D eigenvalue weighted by molar-refractivity contribution is -0.140. The first kappa shape index (κ1) is 30.2. The van der Waals surface area contributed by atoms with E-state index < -0.39 is 24.5 Å². The second-order valence-corrected chi connectivity index (χ2v) is 12.0. The number of amides is 3. The fraction of sp³-hybridized carbons (Fsp3) is 0.552. The Bertz CT molecular complexity index is 1410. The smallest absolute Gasteiger partial charge is 0.407 e. The van der Waals surface area contributed by atoms with Crippen LogP contribution in [0.25, 0.3) is 0 Å². The number of piperidine rings is 1. The van der Waals surface area contributed by atoms with E-state index in [1.54, 1.807) is 32.0 Å². The molecule has 1 aliphatic carbocycles. The lowest BCUT2D eigenvalue weighted by Gasteiger charge is -2.52. The van der Waals surface area contributed by atoms with Crippen molar-refractivity contribution in [2.45, 2.75) is 51.5 Å². The van der Waals surface area contributed by atoms with Crippen LogP contribution in [0.1, 0.15) is 49.9 Å². The normalized spacial score (nSPS) is 19.5. The number of hydrogen-bond donors (Lipinski definition) is 3. The standard InChI is InChI=1S/C29H37F2N7O5/c1-17(2)38-16-29(30,31)25(40)36(3)21-15-33-26(35-23(21)38)34-20-6-5-19(11-22(20)43-4)24(39)32-14-18-12-28(13-18)7-9-37(10-8-28)27(41)42/h5-6,11,15,17-18H,7-10,12-14,16H2,1-4H3,(H,32,39)(H,41,42)(H,33,34,35). The molecule has 0 bridgehead atoms. The first-order valence-electron chi connectivity index (χ1n) is 14.3. The zero-order valence-electron chi connectivity index (χ0n) is 24.7. The molecule has 1 saturated carbocycles. The molecule has 2 aliphatic heterocycles. The molecule has 2 aromatic rings. The van der Waals surface area contributed by atoms with Crippen LogP contribution in [-0.4, -0.2) is 90.2 Å². The van der Waals surface area contributed by atoms with Gasteiger partial charge in [-0.2, -0.15) is 13.8 Å². The highest BCUT2D eigenvalue weighted by Crippen LogP contribution is 2.52. The minimum absolute atomic E-state index is 0.110. The molecule has 1 aromatic heterocycles. The van der Waals surface area contributed by atoms with Crippen LogP contribution < -0.4 is 25.2 Å². The van der Waals surface area contributed by atoms with Crippen LogP contribution in [0, 0.1) is 11.3 Å². The highest BCUT2D eigenvalue weighted by atomic mass is 19.3. The van der Waals surface area contributed by atoms with Crippen molar-refractivity contribution in [3.8, 4) is 5.75 Å². The van der Waals surface area contributed by atoms with Gasteiger partial charge >= 0.3 is 12.0 Å². The highest BCUT2D eigenvalue weighted by molar-refractivity contribution is 6.02. The fourth-order valence-electron chi connectivity index (χ4n) is 6.30. The van der Waals surface area contributed by atoms with Gasteiger partial charge in [-0.05, 0) is 69.1 Å². The third-order valence-corrected chi connectivity index (χ3v) is 8.79. The Morgan fingerprint density at radius 3 is 2.53 bits per heavy atom. The Balaban J connectivity index is 1.23. The number of ether oxygens (including phenoxy) is 1. The number of nitrogens with one attached hydrogen (secondary N) is 2. The number of hydrogen-bond acceptors (Lipinski definition) is 8. The number of carbonyl (C=O) groups is 3. The second kappa shape index (κ2) is 11.5. The predicted molar refractivity (Wildman–Crippen MR) is 155 cm³/mol. The van der Waals surface area contributed by atoms with Crippen LogP contribution in [0.4, 0.5) is 36.7 Å². The summed E-state index contributed by atoms with van der Waals surface area (Å²) >= 11 is 0. The maximum absolute atomic E-state index is 14.6. The maximum atomic E-state index is 14.6. The molecule has 5 rings (SSSR count). The molecule has 1 spiro atoms. The summed E-state index contributed by atoms with van der Waals surface area (Å²) in [5, 5.41) is 15.2. The Kier molecular flexibility index (Phi) is 8.05. The molecule has 232 valence electrons. The first-order chi connectivity index (χ1) is 20.3. The molecule has 12 nitrogen and oxygen atoms in total. The maximum Gasteiger partial charge on any atom is 0.407 e. The van der Waals surface area contributed by atoms with Gasteiger partial charge in [-0.3, -0.25) is 9.59 Å². The first-order valence-corrected chi connectivity index (χ1v) is 14.3. The number of nitrogens with zero attached hydrogens (tertiary/aromatic N) is 5. The zero-order valence-corrected chi connectivity index (χ0v) is 24.7. The molecule has 1 aromatic carbocycles. The van der Waals surface area contributed by atoms with Crippen molar-refractivity contribution in [1.29, 1.82) is 0 Å². The molecule has 3 heterocycles. The van der Waals surface area contributed by atoms with Crippen molar-refractivity contribution in [2.75, 3.05) is 55.5 Å². The number of halogens is 2. The molecular formula is C29H37F2N7O5. The van der Waals surface area contributed by atoms with Crippen molar-refractivity contribution in [3.63, 3.8) is 0 Å². The van der Waals surface area contributed by atoms with E-state index >= 15 is 0 Å². The van der Waals surface area contributed by atoms with E-state index in [0.29, 0.717) is 42.6 Å². The van der Waals surface area contributed by atoms with Gasteiger partial charge in [0.15, 0.2) is 5.82 Å². The number of likely N-dealkylation sites (tertiary alicyclic amines) is 1. The third-order valence-electron chi connectivity index (χ3n) is 8.79. The number of rotatable bonds is 7. The minimum atomic E-state index is -3.59. The van der Waals surface area contributed by atoms with Gasteiger partial charge in [-0.1, -0.05) is 0 Å². The van der Waals surface area contributed by atoms with Crippen LogP contribution >= 0.6 is 0 Å². The van der Waals surface area contributed by atoms with Crippen molar-refractivity contribution in [1.82, 2.24) is 20.2 Å². The van der Waals surface area contributed by atoms with Gasteiger partial charge in [0.1, 0.15) is 11.4 Å². The van der Waals surface area contributed by atoms with Gasteiger partial charge in [0.05, 0.1) is 25.5 Å². The topological polar surface area (TPSA) is 140 Å². The van der Waals surface area contributed by atoms with E-state index in [2.05, 4.69) is 20.6 Å². The quantitative estimate of drug-likeness (QED) is 0.430. The summed E-state index contributed by atoms with van der Waals surface area (Å²) in [4.78, 5) is 48.9. The third kappa shape index (κ3) is 6.00. The average Bonchev–Trinajstić information content (AvgIpc) is 3.03. The summed E-state index contributed by atoms with van der Waals surface area (Å²) in [5.41, 5.74) is 1.23. The number of benzene rings is 1. The summed E-state index contributed by atoms with van der Waals surface area (Å²) < 4.78 is 34.7. The zero-order chi connectivity index (χ0) is 31.1. The number of fused-ring (bicyclic) bond motifs is 1.